The summed E-state index contributed by atoms with van der Waals surface area (Å²) in [6.07, 6.45) is 0.231. The van der Waals surface area contributed by atoms with Gasteiger partial charge in [0.25, 0.3) is 5.91 Å². The van der Waals surface area contributed by atoms with Crippen molar-refractivity contribution in [2.75, 3.05) is 31.9 Å². The molecular formula is C23H26N2O5S. The van der Waals surface area contributed by atoms with Gasteiger partial charge in [-0.25, -0.2) is 0 Å². The van der Waals surface area contributed by atoms with Gasteiger partial charge in [-0.15, -0.1) is 11.8 Å². The van der Waals surface area contributed by atoms with E-state index in [0.29, 0.717) is 41.0 Å². The highest BCUT2D eigenvalue weighted by atomic mass is 32.2. The molecule has 2 aromatic carbocycles. The van der Waals surface area contributed by atoms with Crippen LogP contribution in [-0.4, -0.2) is 38.4 Å². The van der Waals surface area contributed by atoms with Crippen molar-refractivity contribution in [3.05, 3.63) is 64.3 Å². The smallest absolute Gasteiger partial charge is 0.265 e. The Hall–Kier alpha value is -3.13. The second kappa shape index (κ2) is 10.8. The number of carbonyl (C=O) groups excluding carboxylic acids is 2. The number of carbonyl (C=O) groups is 2. The molecule has 1 aliphatic rings. The molecule has 0 saturated heterocycles. The highest BCUT2D eigenvalue weighted by Gasteiger charge is 2.19. The number of nitrogens with one attached hydrogen (secondary N) is 2. The van der Waals surface area contributed by atoms with Gasteiger partial charge in [-0.1, -0.05) is 24.3 Å². The molecule has 1 aliphatic heterocycles. The van der Waals surface area contributed by atoms with Crippen molar-refractivity contribution in [1.29, 1.82) is 0 Å². The summed E-state index contributed by atoms with van der Waals surface area (Å²) in [6, 6.07) is 12.8. The zero-order valence-corrected chi connectivity index (χ0v) is 18.6. The minimum Gasteiger partial charge on any atom is -0.496 e. The summed E-state index contributed by atoms with van der Waals surface area (Å²) in [5, 5.41) is 5.77. The number of benzene rings is 2. The molecule has 31 heavy (non-hydrogen) atoms. The molecule has 0 radical (unpaired) electrons. The lowest BCUT2D eigenvalue weighted by Gasteiger charge is -2.17. The Labute approximate surface area is 186 Å². The average Bonchev–Trinajstić information content (AvgIpc) is 2.78. The summed E-state index contributed by atoms with van der Waals surface area (Å²) >= 11 is 1.49. The largest absolute Gasteiger partial charge is 0.496 e. The first-order valence-electron chi connectivity index (χ1n) is 9.85. The SMILES string of the molecule is COc1cccc(CNC(=O)Cc2ccc(NC(=O)C3=C(C)OCCS3)cc2)c1OC. The molecular weight excluding hydrogens is 416 g/mol. The number of hydrogen-bond donors (Lipinski definition) is 2. The maximum atomic E-state index is 12.4. The number of hydrogen-bond acceptors (Lipinski definition) is 6. The van der Waals surface area contributed by atoms with Crippen molar-refractivity contribution in [3.8, 4) is 11.5 Å². The van der Waals surface area contributed by atoms with Crippen LogP contribution in [-0.2, 0) is 27.3 Å². The number of amides is 2. The zero-order valence-electron chi connectivity index (χ0n) is 17.8. The summed E-state index contributed by atoms with van der Waals surface area (Å²) in [4.78, 5) is 25.4. The third kappa shape index (κ3) is 5.95. The van der Waals surface area contributed by atoms with Crippen molar-refractivity contribution in [2.24, 2.45) is 0 Å². The van der Waals surface area contributed by atoms with Crippen LogP contribution in [0, 0.1) is 0 Å². The average molecular weight is 443 g/mol. The molecule has 0 aromatic heterocycles. The topological polar surface area (TPSA) is 85.9 Å². The summed E-state index contributed by atoms with van der Waals surface area (Å²) in [6.45, 7) is 2.75. The molecule has 0 bridgehead atoms. The van der Waals surface area contributed by atoms with Crippen LogP contribution < -0.4 is 20.1 Å². The monoisotopic (exact) mass is 442 g/mol. The second-order valence-corrected chi connectivity index (χ2v) is 7.94. The molecule has 2 aromatic rings. The van der Waals surface area contributed by atoms with E-state index in [-0.39, 0.29) is 18.2 Å². The first kappa shape index (κ1) is 22.6. The lowest BCUT2D eigenvalue weighted by Crippen LogP contribution is -2.24. The molecule has 0 unspecified atom stereocenters. The lowest BCUT2D eigenvalue weighted by atomic mass is 10.1. The van der Waals surface area contributed by atoms with E-state index in [4.69, 9.17) is 14.2 Å². The number of rotatable bonds is 8. The third-order valence-corrected chi connectivity index (χ3v) is 5.84. The van der Waals surface area contributed by atoms with E-state index >= 15 is 0 Å². The predicted molar refractivity (Wildman–Crippen MR) is 121 cm³/mol. The third-order valence-electron chi connectivity index (χ3n) is 4.71. The van der Waals surface area contributed by atoms with Crippen LogP contribution in [0.1, 0.15) is 18.1 Å². The molecule has 8 heteroatoms. The van der Waals surface area contributed by atoms with E-state index in [1.165, 1.54) is 11.8 Å². The lowest BCUT2D eigenvalue weighted by molar-refractivity contribution is -0.120. The van der Waals surface area contributed by atoms with Crippen molar-refractivity contribution in [1.82, 2.24) is 5.32 Å². The van der Waals surface area contributed by atoms with Crippen LogP contribution >= 0.6 is 11.8 Å². The molecule has 3 rings (SSSR count). The summed E-state index contributed by atoms with van der Waals surface area (Å²) < 4.78 is 16.1. The Morgan fingerprint density at radius 3 is 2.55 bits per heavy atom. The number of thioether (sulfide) groups is 1. The fourth-order valence-corrected chi connectivity index (χ4v) is 3.97. The van der Waals surface area contributed by atoms with Gasteiger partial charge < -0.3 is 24.8 Å². The molecule has 2 N–H and O–H groups in total. The standard InChI is InChI=1S/C23H26N2O5S/c1-15-22(31-12-11-30-15)23(27)25-18-9-7-16(8-10-18)13-20(26)24-14-17-5-4-6-19(28-2)21(17)29-3/h4-10H,11-14H2,1-3H3,(H,24,26)(H,25,27). The van der Waals surface area contributed by atoms with Gasteiger partial charge in [0.15, 0.2) is 11.5 Å². The van der Waals surface area contributed by atoms with Gasteiger partial charge in [-0.3, -0.25) is 9.59 Å². The molecule has 0 spiro atoms. The van der Waals surface area contributed by atoms with Crippen LogP contribution in [0.4, 0.5) is 5.69 Å². The van der Waals surface area contributed by atoms with Gasteiger partial charge in [-0.2, -0.15) is 0 Å². The Balaban J connectivity index is 1.54. The molecule has 0 saturated carbocycles. The van der Waals surface area contributed by atoms with Gasteiger partial charge in [0.05, 0.1) is 27.2 Å². The molecule has 0 aliphatic carbocycles. The maximum Gasteiger partial charge on any atom is 0.265 e. The Bertz CT molecular complexity index is 972. The summed E-state index contributed by atoms with van der Waals surface area (Å²) in [7, 11) is 3.15. The van der Waals surface area contributed by atoms with E-state index in [0.717, 1.165) is 16.9 Å². The van der Waals surface area contributed by atoms with E-state index < -0.39 is 0 Å². The van der Waals surface area contributed by atoms with E-state index in [2.05, 4.69) is 10.6 Å². The first-order valence-corrected chi connectivity index (χ1v) is 10.8. The second-order valence-electron chi connectivity index (χ2n) is 6.84. The molecule has 164 valence electrons. The Kier molecular flexibility index (Phi) is 7.83. The van der Waals surface area contributed by atoms with Crippen molar-refractivity contribution >= 4 is 29.3 Å². The first-order chi connectivity index (χ1) is 15.0. The van der Waals surface area contributed by atoms with E-state index in [9.17, 15) is 9.59 Å². The van der Waals surface area contributed by atoms with Crippen LogP contribution in [0.3, 0.4) is 0 Å². The van der Waals surface area contributed by atoms with Crippen molar-refractivity contribution < 1.29 is 23.8 Å². The molecule has 7 nitrogen and oxygen atoms in total. The van der Waals surface area contributed by atoms with Gasteiger partial charge in [-0.05, 0) is 30.7 Å². The molecule has 0 atom stereocenters. The fraction of sp³-hybridized carbons (Fsp3) is 0.304. The van der Waals surface area contributed by atoms with Crippen molar-refractivity contribution in [3.63, 3.8) is 0 Å². The van der Waals surface area contributed by atoms with Gasteiger partial charge in [0, 0.05) is 23.5 Å². The minimum atomic E-state index is -0.181. The number of allylic oxidation sites excluding steroid dienone is 1. The Morgan fingerprint density at radius 2 is 1.87 bits per heavy atom. The molecule has 1 heterocycles. The zero-order chi connectivity index (χ0) is 22.2. The van der Waals surface area contributed by atoms with Crippen LogP contribution in [0.5, 0.6) is 11.5 Å². The van der Waals surface area contributed by atoms with Gasteiger partial charge in [0.2, 0.25) is 5.91 Å². The fourth-order valence-electron chi connectivity index (χ4n) is 3.16. The maximum absolute atomic E-state index is 12.4. The molecule has 0 fully saturated rings. The molecule has 2 amide bonds. The number of methoxy groups -OCH3 is 2. The summed E-state index contributed by atoms with van der Waals surface area (Å²) in [5.74, 6) is 2.34. The highest BCUT2D eigenvalue weighted by molar-refractivity contribution is 8.04. The highest BCUT2D eigenvalue weighted by Crippen LogP contribution is 2.30. The Morgan fingerprint density at radius 1 is 1.10 bits per heavy atom. The van der Waals surface area contributed by atoms with Crippen LogP contribution in [0.15, 0.2) is 53.1 Å². The predicted octanol–water partition coefficient (Wildman–Crippen LogP) is 3.50. The quantitative estimate of drug-likeness (QED) is 0.651. The number of ether oxygens (including phenoxy) is 3. The minimum absolute atomic E-state index is 0.113. The number of anilines is 1. The summed E-state index contributed by atoms with van der Waals surface area (Å²) in [5.41, 5.74) is 2.35. The van der Waals surface area contributed by atoms with Gasteiger partial charge >= 0.3 is 0 Å². The van der Waals surface area contributed by atoms with E-state index in [1.54, 1.807) is 33.3 Å². The van der Waals surface area contributed by atoms with Crippen molar-refractivity contribution in [2.45, 2.75) is 19.9 Å². The normalized spacial score (nSPS) is 13.3. The van der Waals surface area contributed by atoms with Crippen LogP contribution in [0.25, 0.3) is 0 Å². The van der Waals surface area contributed by atoms with E-state index in [1.807, 2.05) is 30.3 Å². The van der Waals surface area contributed by atoms with Gasteiger partial charge in [0.1, 0.15) is 10.7 Å². The number of para-hydroxylation sites is 1. The van der Waals surface area contributed by atoms with Crippen LogP contribution in [0.2, 0.25) is 0 Å².